The fraction of sp³-hybridized carbons (Fsp3) is 0.600. The van der Waals surface area contributed by atoms with Crippen LogP contribution in [0.3, 0.4) is 0 Å². The van der Waals surface area contributed by atoms with Gasteiger partial charge in [-0.2, -0.15) is 0 Å². The van der Waals surface area contributed by atoms with Gasteiger partial charge < -0.3 is 15.7 Å². The lowest BCUT2D eigenvalue weighted by atomic mass is 10.0. The van der Waals surface area contributed by atoms with Gasteiger partial charge in [-0.25, -0.2) is 9.78 Å². The van der Waals surface area contributed by atoms with E-state index in [1.165, 1.54) is 11.3 Å². The summed E-state index contributed by atoms with van der Waals surface area (Å²) in [6.07, 6.45) is 1.08. The number of nitrogens with zero attached hydrogens (tertiary/aromatic N) is 1. The minimum absolute atomic E-state index is 0.137. The molecule has 128 valence electrons. The van der Waals surface area contributed by atoms with Crippen LogP contribution >= 0.6 is 11.3 Å². The molecule has 1 rings (SSSR count). The number of amides is 2. The molecule has 0 aliphatic heterocycles. The number of nitrogens with one attached hydrogen (secondary N) is 2. The van der Waals surface area contributed by atoms with Crippen LogP contribution in [0.15, 0.2) is 0 Å². The van der Waals surface area contributed by atoms with Crippen molar-refractivity contribution in [2.75, 3.05) is 6.54 Å². The van der Waals surface area contributed by atoms with Crippen molar-refractivity contribution in [2.45, 2.75) is 46.6 Å². The number of rotatable bonds is 8. The molecule has 0 saturated heterocycles. The highest BCUT2D eigenvalue weighted by atomic mass is 32.1. The number of hydrogen-bond donors (Lipinski definition) is 3. The third kappa shape index (κ3) is 5.97. The molecule has 0 saturated carbocycles. The molecule has 1 aromatic heterocycles. The van der Waals surface area contributed by atoms with E-state index in [1.807, 2.05) is 20.8 Å². The number of carboxylic acids is 1. The van der Waals surface area contributed by atoms with E-state index in [2.05, 4.69) is 15.6 Å². The molecule has 0 radical (unpaired) electrons. The fourth-order valence-corrected chi connectivity index (χ4v) is 2.91. The van der Waals surface area contributed by atoms with Crippen molar-refractivity contribution in [3.05, 3.63) is 15.6 Å². The zero-order valence-electron chi connectivity index (χ0n) is 13.8. The molecule has 0 aliphatic carbocycles. The maximum Gasteiger partial charge on any atom is 0.326 e. The summed E-state index contributed by atoms with van der Waals surface area (Å²) in [4.78, 5) is 39.7. The standard InChI is InChI=1S/C15H23N3O4S/c1-5-12-17-9(4)13(23-12)14(20)16-7-11(19)18-10(15(21)22)6-8(2)3/h8,10H,5-7H2,1-4H3,(H,16,20)(H,18,19)(H,21,22)/t10-/m0/s1. The number of hydrogen-bond acceptors (Lipinski definition) is 5. The fourth-order valence-electron chi connectivity index (χ4n) is 1.99. The van der Waals surface area contributed by atoms with Crippen molar-refractivity contribution in [3.8, 4) is 0 Å². The van der Waals surface area contributed by atoms with Gasteiger partial charge in [0.05, 0.1) is 17.2 Å². The Morgan fingerprint density at radius 2 is 1.96 bits per heavy atom. The first-order valence-electron chi connectivity index (χ1n) is 7.51. The molecule has 0 unspecified atom stereocenters. The summed E-state index contributed by atoms with van der Waals surface area (Å²) in [6, 6.07) is -0.948. The number of carboxylic acid groups (broad SMARTS) is 1. The van der Waals surface area contributed by atoms with Crippen LogP contribution in [0, 0.1) is 12.8 Å². The molecule has 23 heavy (non-hydrogen) atoms. The Morgan fingerprint density at radius 1 is 1.30 bits per heavy atom. The van der Waals surface area contributed by atoms with Gasteiger partial charge in [-0.3, -0.25) is 9.59 Å². The molecule has 7 nitrogen and oxygen atoms in total. The number of aromatic nitrogens is 1. The molecule has 1 atom stereocenters. The largest absolute Gasteiger partial charge is 0.480 e. The maximum absolute atomic E-state index is 12.1. The highest BCUT2D eigenvalue weighted by Crippen LogP contribution is 2.18. The van der Waals surface area contributed by atoms with Gasteiger partial charge in [0.1, 0.15) is 10.9 Å². The first-order chi connectivity index (χ1) is 10.7. The van der Waals surface area contributed by atoms with E-state index < -0.39 is 17.9 Å². The summed E-state index contributed by atoms with van der Waals surface area (Å²) < 4.78 is 0. The Hall–Kier alpha value is -1.96. The lowest BCUT2D eigenvalue weighted by molar-refractivity contribution is -0.142. The average Bonchev–Trinajstić information content (AvgIpc) is 2.84. The van der Waals surface area contributed by atoms with E-state index in [4.69, 9.17) is 5.11 Å². The second-order valence-corrected chi connectivity index (χ2v) is 6.73. The minimum atomic E-state index is -1.08. The zero-order valence-corrected chi connectivity index (χ0v) is 14.6. The van der Waals surface area contributed by atoms with Gasteiger partial charge in [-0.15, -0.1) is 11.3 Å². The van der Waals surface area contributed by atoms with Crippen LogP contribution in [0.5, 0.6) is 0 Å². The van der Waals surface area contributed by atoms with Crippen molar-refractivity contribution in [1.82, 2.24) is 15.6 Å². The number of carbonyl (C=O) groups is 3. The summed E-state index contributed by atoms with van der Waals surface area (Å²) in [5.74, 6) is -1.84. The number of aliphatic carboxylic acids is 1. The molecule has 0 aromatic carbocycles. The van der Waals surface area contributed by atoms with E-state index in [0.717, 1.165) is 11.4 Å². The number of aryl methyl sites for hydroxylation is 2. The van der Waals surface area contributed by atoms with E-state index in [0.29, 0.717) is 17.0 Å². The monoisotopic (exact) mass is 341 g/mol. The lowest BCUT2D eigenvalue weighted by Gasteiger charge is -2.16. The summed E-state index contributed by atoms with van der Waals surface area (Å²) in [6.45, 7) is 7.19. The predicted octanol–water partition coefficient (Wildman–Crippen LogP) is 1.36. The molecule has 2 amide bonds. The molecule has 1 heterocycles. The van der Waals surface area contributed by atoms with Crippen LogP contribution in [0.2, 0.25) is 0 Å². The van der Waals surface area contributed by atoms with Crippen molar-refractivity contribution >= 4 is 29.1 Å². The van der Waals surface area contributed by atoms with Crippen molar-refractivity contribution < 1.29 is 19.5 Å². The molecule has 3 N–H and O–H groups in total. The van der Waals surface area contributed by atoms with E-state index in [1.54, 1.807) is 6.92 Å². The van der Waals surface area contributed by atoms with Gasteiger partial charge in [-0.05, 0) is 25.7 Å². The molecular weight excluding hydrogens is 318 g/mol. The van der Waals surface area contributed by atoms with Crippen LogP contribution in [-0.4, -0.2) is 40.5 Å². The molecule has 0 spiro atoms. The summed E-state index contributed by atoms with van der Waals surface area (Å²) >= 11 is 1.30. The average molecular weight is 341 g/mol. The predicted molar refractivity (Wildman–Crippen MR) is 87.6 cm³/mol. The highest BCUT2D eigenvalue weighted by molar-refractivity contribution is 7.13. The van der Waals surface area contributed by atoms with Gasteiger partial charge in [-0.1, -0.05) is 20.8 Å². The van der Waals surface area contributed by atoms with Crippen LogP contribution in [0.1, 0.15) is 47.6 Å². The Morgan fingerprint density at radius 3 is 2.43 bits per heavy atom. The maximum atomic E-state index is 12.1. The van der Waals surface area contributed by atoms with Crippen LogP contribution in [-0.2, 0) is 16.0 Å². The first-order valence-corrected chi connectivity index (χ1v) is 8.32. The number of thiazole rings is 1. The zero-order chi connectivity index (χ0) is 17.6. The summed E-state index contributed by atoms with van der Waals surface area (Å²) in [5.41, 5.74) is 0.632. The molecule has 8 heteroatoms. The Labute approximate surface area is 139 Å². The summed E-state index contributed by atoms with van der Waals surface area (Å²) in [5, 5.41) is 14.9. The first kappa shape index (κ1) is 19.1. The molecular formula is C15H23N3O4S. The third-order valence-electron chi connectivity index (χ3n) is 3.10. The van der Waals surface area contributed by atoms with Gasteiger partial charge in [0.25, 0.3) is 5.91 Å². The molecule has 0 fully saturated rings. The topological polar surface area (TPSA) is 108 Å². The SMILES string of the molecule is CCc1nc(C)c(C(=O)NCC(=O)N[C@@H](CC(C)C)C(=O)O)s1. The second kappa shape index (κ2) is 8.61. The molecule has 0 aliphatic rings. The number of carbonyl (C=O) groups excluding carboxylic acids is 2. The van der Waals surface area contributed by atoms with Crippen molar-refractivity contribution in [2.24, 2.45) is 5.92 Å². The van der Waals surface area contributed by atoms with Gasteiger partial charge in [0, 0.05) is 0 Å². The van der Waals surface area contributed by atoms with Crippen molar-refractivity contribution in [3.63, 3.8) is 0 Å². The minimum Gasteiger partial charge on any atom is -0.480 e. The van der Waals surface area contributed by atoms with Crippen LogP contribution in [0.4, 0.5) is 0 Å². The van der Waals surface area contributed by atoms with E-state index in [-0.39, 0.29) is 18.4 Å². The van der Waals surface area contributed by atoms with Crippen molar-refractivity contribution in [1.29, 1.82) is 0 Å². The smallest absolute Gasteiger partial charge is 0.326 e. The second-order valence-electron chi connectivity index (χ2n) is 5.65. The molecule has 1 aromatic rings. The normalized spacial score (nSPS) is 12.0. The Balaban J connectivity index is 2.56. The van der Waals surface area contributed by atoms with Gasteiger partial charge >= 0.3 is 5.97 Å². The third-order valence-corrected chi connectivity index (χ3v) is 4.40. The van der Waals surface area contributed by atoms with Crippen LogP contribution < -0.4 is 10.6 Å². The Kier molecular flexibility index (Phi) is 7.15. The van der Waals surface area contributed by atoms with E-state index in [9.17, 15) is 14.4 Å². The highest BCUT2D eigenvalue weighted by Gasteiger charge is 2.22. The van der Waals surface area contributed by atoms with Gasteiger partial charge in [0.15, 0.2) is 0 Å². The quantitative estimate of drug-likeness (QED) is 0.661. The molecule has 0 bridgehead atoms. The summed E-state index contributed by atoms with van der Waals surface area (Å²) in [7, 11) is 0. The van der Waals surface area contributed by atoms with Gasteiger partial charge in [0.2, 0.25) is 5.91 Å². The Bertz CT molecular complexity index is 583. The van der Waals surface area contributed by atoms with Crippen LogP contribution in [0.25, 0.3) is 0 Å². The van der Waals surface area contributed by atoms with E-state index >= 15 is 0 Å². The lowest BCUT2D eigenvalue weighted by Crippen LogP contribution is -2.46.